The van der Waals surface area contributed by atoms with Crippen LogP contribution in [0.15, 0.2) is 47.6 Å². The van der Waals surface area contributed by atoms with Gasteiger partial charge in [-0.05, 0) is 42.2 Å². The summed E-state index contributed by atoms with van der Waals surface area (Å²) in [5, 5.41) is 3.27. The van der Waals surface area contributed by atoms with Crippen molar-refractivity contribution in [3.8, 4) is 11.1 Å². The number of rotatable bonds is 2. The fourth-order valence-corrected chi connectivity index (χ4v) is 1.85. The van der Waals surface area contributed by atoms with Gasteiger partial charge in [-0.2, -0.15) is 0 Å². The van der Waals surface area contributed by atoms with Gasteiger partial charge in [-0.15, -0.1) is 0 Å². The maximum atomic E-state index is 8.83. The minimum absolute atomic E-state index is 0.636. The smallest absolute Gasteiger partial charge is 0.0429 e. The molecule has 0 fully saturated rings. The summed E-state index contributed by atoms with van der Waals surface area (Å²) in [5.74, 6) is 0. The maximum Gasteiger partial charge on any atom is 0.0429 e. The lowest BCUT2D eigenvalue weighted by atomic mass is 9.96. The lowest BCUT2D eigenvalue weighted by Crippen LogP contribution is -1.87. The molecule has 0 saturated carbocycles. The minimum Gasteiger partial charge on any atom is -0.706 e. The number of benzene rings is 2. The van der Waals surface area contributed by atoms with E-state index in [0.29, 0.717) is 5.69 Å². The standard InChI is InChI=1S/C14H13N2/c1-10-11(2)14(16-15)9-8-13(10)12-6-4-3-5-7-12/h3-9H,1-2H3/q-1. The lowest BCUT2D eigenvalue weighted by Gasteiger charge is -2.12. The summed E-state index contributed by atoms with van der Waals surface area (Å²) in [5.41, 5.74) is 14.0. The van der Waals surface area contributed by atoms with Gasteiger partial charge in [0.1, 0.15) is 0 Å². The van der Waals surface area contributed by atoms with Gasteiger partial charge in [0.05, 0.1) is 0 Å². The monoisotopic (exact) mass is 209 g/mol. The molecule has 0 amide bonds. The minimum atomic E-state index is 0.636. The van der Waals surface area contributed by atoms with Crippen molar-refractivity contribution < 1.29 is 0 Å². The molecule has 0 heterocycles. The van der Waals surface area contributed by atoms with Gasteiger partial charge >= 0.3 is 0 Å². The zero-order chi connectivity index (χ0) is 11.5. The number of nitrogens with zero attached hydrogens (tertiary/aromatic N) is 2. The van der Waals surface area contributed by atoms with Crippen LogP contribution in [0, 0.1) is 13.8 Å². The van der Waals surface area contributed by atoms with Crippen LogP contribution < -0.4 is 0 Å². The van der Waals surface area contributed by atoms with Gasteiger partial charge in [-0.1, -0.05) is 36.4 Å². The molecule has 2 aromatic carbocycles. The zero-order valence-electron chi connectivity index (χ0n) is 9.44. The predicted molar refractivity (Wildman–Crippen MR) is 66.8 cm³/mol. The Kier molecular flexibility index (Phi) is 2.82. The van der Waals surface area contributed by atoms with Crippen LogP contribution in [-0.2, 0) is 0 Å². The second-order valence-electron chi connectivity index (χ2n) is 3.85. The molecule has 0 aliphatic carbocycles. The van der Waals surface area contributed by atoms with E-state index in [-0.39, 0.29) is 0 Å². The average Bonchev–Trinajstić information content (AvgIpc) is 2.34. The van der Waals surface area contributed by atoms with E-state index in [1.807, 2.05) is 44.2 Å². The van der Waals surface area contributed by atoms with E-state index in [1.165, 1.54) is 11.1 Å². The molecule has 0 spiro atoms. The molecule has 0 atom stereocenters. The molecule has 2 heteroatoms. The molecule has 0 aromatic heterocycles. The van der Waals surface area contributed by atoms with E-state index < -0.39 is 0 Å². The molecule has 80 valence electrons. The first-order valence-electron chi connectivity index (χ1n) is 5.24. The van der Waals surface area contributed by atoms with Crippen LogP contribution in [0.25, 0.3) is 16.7 Å². The third kappa shape index (κ3) is 1.74. The quantitative estimate of drug-likeness (QED) is 0.647. The highest BCUT2D eigenvalue weighted by Crippen LogP contribution is 2.30. The van der Waals surface area contributed by atoms with E-state index in [4.69, 9.17) is 5.53 Å². The molecule has 2 nitrogen and oxygen atoms in total. The zero-order valence-corrected chi connectivity index (χ0v) is 9.44. The average molecular weight is 209 g/mol. The van der Waals surface area contributed by atoms with Crippen molar-refractivity contribution in [2.45, 2.75) is 13.8 Å². The fraction of sp³-hybridized carbons (Fsp3) is 0.143. The van der Waals surface area contributed by atoms with Crippen LogP contribution in [0.4, 0.5) is 5.69 Å². The molecule has 2 rings (SSSR count). The van der Waals surface area contributed by atoms with E-state index >= 15 is 0 Å². The second kappa shape index (κ2) is 4.27. The van der Waals surface area contributed by atoms with E-state index in [9.17, 15) is 0 Å². The molecule has 16 heavy (non-hydrogen) atoms. The van der Waals surface area contributed by atoms with E-state index in [0.717, 1.165) is 11.1 Å². The molecule has 0 saturated heterocycles. The van der Waals surface area contributed by atoms with Crippen LogP contribution in [0.2, 0.25) is 0 Å². The second-order valence-corrected chi connectivity index (χ2v) is 3.85. The van der Waals surface area contributed by atoms with Crippen molar-refractivity contribution in [2.75, 3.05) is 0 Å². The SMILES string of the molecule is Cc1c(N=[N-])ccc(-c2ccccc2)c1C. The van der Waals surface area contributed by atoms with Crippen LogP contribution in [0.5, 0.6) is 0 Å². The van der Waals surface area contributed by atoms with Crippen molar-refractivity contribution in [2.24, 2.45) is 5.11 Å². The first kappa shape index (κ1) is 10.6. The Morgan fingerprint density at radius 3 is 2.19 bits per heavy atom. The summed E-state index contributed by atoms with van der Waals surface area (Å²) in [6.45, 7) is 4.02. The van der Waals surface area contributed by atoms with Crippen molar-refractivity contribution in [1.82, 2.24) is 0 Å². The van der Waals surface area contributed by atoms with Gasteiger partial charge in [0.2, 0.25) is 0 Å². The first-order chi connectivity index (χ1) is 7.74. The molecule has 0 unspecified atom stereocenters. The van der Waals surface area contributed by atoms with Crippen LogP contribution in [-0.4, -0.2) is 0 Å². The third-order valence-electron chi connectivity index (χ3n) is 2.95. The normalized spacial score (nSPS) is 10.1. The van der Waals surface area contributed by atoms with Gasteiger partial charge in [-0.3, -0.25) is 0 Å². The third-order valence-corrected chi connectivity index (χ3v) is 2.95. The molecule has 2 aromatic rings. The molecule has 0 radical (unpaired) electrons. The number of hydrogen-bond donors (Lipinski definition) is 0. The summed E-state index contributed by atoms with van der Waals surface area (Å²) >= 11 is 0. The van der Waals surface area contributed by atoms with E-state index in [2.05, 4.69) is 17.2 Å². The molecule has 0 N–H and O–H groups in total. The van der Waals surface area contributed by atoms with Crippen molar-refractivity contribution >= 4 is 5.69 Å². The Bertz CT molecular complexity index is 516. The largest absolute Gasteiger partial charge is 0.706 e. The van der Waals surface area contributed by atoms with Gasteiger partial charge in [0.15, 0.2) is 0 Å². The van der Waals surface area contributed by atoms with Crippen molar-refractivity contribution in [3.05, 3.63) is 59.1 Å². The number of hydrogen-bond acceptors (Lipinski definition) is 1. The molecule has 0 aliphatic heterocycles. The summed E-state index contributed by atoms with van der Waals surface area (Å²) in [7, 11) is 0. The molecular formula is C14H13N2-. The van der Waals surface area contributed by atoms with Crippen molar-refractivity contribution in [3.63, 3.8) is 0 Å². The molecular weight excluding hydrogens is 196 g/mol. The van der Waals surface area contributed by atoms with Gasteiger partial charge in [-0.25, -0.2) is 0 Å². The Hall–Kier alpha value is -1.96. The summed E-state index contributed by atoms with van der Waals surface area (Å²) in [4.78, 5) is 0. The van der Waals surface area contributed by atoms with Crippen LogP contribution in [0.3, 0.4) is 0 Å². The highest BCUT2D eigenvalue weighted by Gasteiger charge is 2.05. The van der Waals surface area contributed by atoms with Crippen molar-refractivity contribution in [1.29, 1.82) is 0 Å². The molecule has 0 bridgehead atoms. The summed E-state index contributed by atoms with van der Waals surface area (Å²) < 4.78 is 0. The Labute approximate surface area is 95.5 Å². The summed E-state index contributed by atoms with van der Waals surface area (Å²) in [6.07, 6.45) is 0. The fourth-order valence-electron chi connectivity index (χ4n) is 1.85. The Morgan fingerprint density at radius 2 is 1.56 bits per heavy atom. The molecule has 0 aliphatic rings. The van der Waals surface area contributed by atoms with E-state index in [1.54, 1.807) is 0 Å². The Morgan fingerprint density at radius 1 is 0.875 bits per heavy atom. The van der Waals surface area contributed by atoms with Crippen LogP contribution >= 0.6 is 0 Å². The lowest BCUT2D eigenvalue weighted by molar-refractivity contribution is 1.30. The van der Waals surface area contributed by atoms with Crippen LogP contribution in [0.1, 0.15) is 11.1 Å². The van der Waals surface area contributed by atoms with Gasteiger partial charge in [0.25, 0.3) is 0 Å². The predicted octanol–water partition coefficient (Wildman–Crippen LogP) is 4.62. The highest BCUT2D eigenvalue weighted by molar-refractivity contribution is 5.71. The maximum absolute atomic E-state index is 8.83. The topological polar surface area (TPSA) is 34.7 Å². The summed E-state index contributed by atoms with van der Waals surface area (Å²) in [6, 6.07) is 14.0. The highest BCUT2D eigenvalue weighted by atomic mass is 15.0. The first-order valence-corrected chi connectivity index (χ1v) is 5.24. The van der Waals surface area contributed by atoms with Gasteiger partial charge in [0, 0.05) is 5.69 Å². The Balaban J connectivity index is 2.60. The van der Waals surface area contributed by atoms with Gasteiger partial charge < -0.3 is 10.6 Å².